The molecular weight excluding hydrogens is 246 g/mol. The van der Waals surface area contributed by atoms with E-state index >= 15 is 0 Å². The third-order valence-electron chi connectivity index (χ3n) is 2.87. The van der Waals surface area contributed by atoms with Gasteiger partial charge in [0.2, 0.25) is 5.91 Å². The van der Waals surface area contributed by atoms with E-state index in [9.17, 15) is 9.90 Å². The zero-order chi connectivity index (χ0) is 13.7. The van der Waals surface area contributed by atoms with Gasteiger partial charge >= 0.3 is 0 Å². The molecule has 0 spiro atoms. The molecule has 0 bridgehead atoms. The number of amides is 1. The van der Waals surface area contributed by atoms with Crippen molar-refractivity contribution in [3.63, 3.8) is 0 Å². The predicted molar refractivity (Wildman–Crippen MR) is 78.0 cm³/mol. The highest BCUT2D eigenvalue weighted by Crippen LogP contribution is 2.22. The van der Waals surface area contributed by atoms with Crippen molar-refractivity contribution >= 4 is 23.4 Å². The van der Waals surface area contributed by atoms with Gasteiger partial charge in [0, 0.05) is 10.9 Å². The molecule has 0 aromatic heterocycles. The minimum atomic E-state index is -0.413. The number of carbonyl (C=O) groups is 1. The monoisotopic (exact) mass is 267 g/mol. The smallest absolute Gasteiger partial charge is 0.237 e. The first kappa shape index (κ1) is 15.1. The summed E-state index contributed by atoms with van der Waals surface area (Å²) in [6.45, 7) is 7.49. The quantitative estimate of drug-likeness (QED) is 0.862. The van der Waals surface area contributed by atoms with Gasteiger partial charge in [0.15, 0.2) is 0 Å². The SMILES string of the molecule is Cc1ccccc1NC(=O)[C@H](C)S[C@H](C)[C@H](C)O. The summed E-state index contributed by atoms with van der Waals surface area (Å²) in [5, 5.41) is 12.2. The molecule has 2 N–H and O–H groups in total. The largest absolute Gasteiger partial charge is 0.392 e. The van der Waals surface area contributed by atoms with Crippen molar-refractivity contribution in [2.75, 3.05) is 5.32 Å². The molecule has 1 aromatic carbocycles. The Morgan fingerprint density at radius 2 is 1.89 bits per heavy atom. The summed E-state index contributed by atoms with van der Waals surface area (Å²) in [4.78, 5) is 12.0. The molecule has 100 valence electrons. The van der Waals surface area contributed by atoms with Gasteiger partial charge in [0.25, 0.3) is 0 Å². The molecule has 0 aliphatic carbocycles. The molecule has 0 aliphatic rings. The molecule has 1 rings (SSSR count). The summed E-state index contributed by atoms with van der Waals surface area (Å²) < 4.78 is 0. The van der Waals surface area contributed by atoms with Crippen LogP contribution in [0.3, 0.4) is 0 Å². The van der Waals surface area contributed by atoms with Crippen molar-refractivity contribution in [3.8, 4) is 0 Å². The normalized spacial score (nSPS) is 15.8. The lowest BCUT2D eigenvalue weighted by molar-refractivity contribution is -0.115. The second-order valence-electron chi connectivity index (χ2n) is 4.53. The molecule has 0 heterocycles. The van der Waals surface area contributed by atoms with E-state index in [0.717, 1.165) is 11.3 Å². The van der Waals surface area contributed by atoms with Gasteiger partial charge in [-0.1, -0.05) is 25.1 Å². The fourth-order valence-electron chi connectivity index (χ4n) is 1.44. The summed E-state index contributed by atoms with van der Waals surface area (Å²) in [5.41, 5.74) is 1.89. The first-order valence-electron chi connectivity index (χ1n) is 6.12. The van der Waals surface area contributed by atoms with Crippen molar-refractivity contribution < 1.29 is 9.90 Å². The van der Waals surface area contributed by atoms with Crippen LogP contribution in [0.4, 0.5) is 5.69 Å². The van der Waals surface area contributed by atoms with Crippen LogP contribution in [-0.2, 0) is 4.79 Å². The average molecular weight is 267 g/mol. The maximum Gasteiger partial charge on any atom is 0.237 e. The van der Waals surface area contributed by atoms with Crippen molar-refractivity contribution in [1.29, 1.82) is 0 Å². The fraction of sp³-hybridized carbons (Fsp3) is 0.500. The lowest BCUT2D eigenvalue weighted by Gasteiger charge is -2.19. The zero-order valence-corrected chi connectivity index (χ0v) is 12.1. The number of anilines is 1. The van der Waals surface area contributed by atoms with Gasteiger partial charge in [-0.05, 0) is 32.4 Å². The van der Waals surface area contributed by atoms with Crippen molar-refractivity contribution in [2.24, 2.45) is 0 Å². The van der Waals surface area contributed by atoms with Crippen LogP contribution in [0.5, 0.6) is 0 Å². The molecule has 3 atom stereocenters. The second-order valence-corrected chi connectivity index (χ2v) is 6.25. The standard InChI is InChI=1S/C14H21NO2S/c1-9-7-5-6-8-13(9)15-14(17)12(4)18-11(3)10(2)16/h5-8,10-12,16H,1-4H3,(H,15,17)/t10-,11+,12-/m0/s1. The van der Waals surface area contributed by atoms with Gasteiger partial charge in [0.1, 0.15) is 0 Å². The summed E-state index contributed by atoms with van der Waals surface area (Å²) in [6.07, 6.45) is -0.413. The third kappa shape index (κ3) is 4.35. The number of aliphatic hydroxyl groups excluding tert-OH is 1. The number of rotatable bonds is 5. The Labute approximate surface area is 113 Å². The molecule has 1 amide bonds. The summed E-state index contributed by atoms with van der Waals surface area (Å²) in [6, 6.07) is 7.70. The van der Waals surface area contributed by atoms with E-state index in [0.29, 0.717) is 0 Å². The van der Waals surface area contributed by atoms with E-state index in [2.05, 4.69) is 5.32 Å². The van der Waals surface area contributed by atoms with Gasteiger partial charge < -0.3 is 10.4 Å². The maximum atomic E-state index is 12.0. The van der Waals surface area contributed by atoms with Crippen LogP contribution in [0.25, 0.3) is 0 Å². The molecule has 18 heavy (non-hydrogen) atoms. The Hall–Kier alpha value is -1.000. The minimum Gasteiger partial charge on any atom is -0.392 e. The molecule has 3 nitrogen and oxygen atoms in total. The van der Waals surface area contributed by atoms with Crippen LogP contribution < -0.4 is 5.32 Å². The number of para-hydroxylation sites is 1. The lowest BCUT2D eigenvalue weighted by atomic mass is 10.2. The van der Waals surface area contributed by atoms with Crippen LogP contribution in [0, 0.1) is 6.92 Å². The molecule has 0 saturated carbocycles. The Bertz CT molecular complexity index is 407. The van der Waals surface area contributed by atoms with E-state index in [1.54, 1.807) is 6.92 Å². The van der Waals surface area contributed by atoms with Gasteiger partial charge in [-0.25, -0.2) is 0 Å². The number of hydrogen-bond donors (Lipinski definition) is 2. The minimum absolute atomic E-state index is 0.0261. The number of benzene rings is 1. The molecule has 0 aliphatic heterocycles. The molecular formula is C14H21NO2S. The summed E-state index contributed by atoms with van der Waals surface area (Å²) in [5.74, 6) is -0.0261. The van der Waals surface area contributed by atoms with Gasteiger partial charge in [0.05, 0.1) is 11.4 Å². The fourth-order valence-corrected chi connectivity index (χ4v) is 2.50. The van der Waals surface area contributed by atoms with E-state index in [-0.39, 0.29) is 16.4 Å². The number of hydrogen-bond acceptors (Lipinski definition) is 3. The number of thioether (sulfide) groups is 1. The number of aliphatic hydroxyl groups is 1. The van der Waals surface area contributed by atoms with Crippen LogP contribution in [0.15, 0.2) is 24.3 Å². The van der Waals surface area contributed by atoms with E-state index in [1.807, 2.05) is 45.0 Å². The maximum absolute atomic E-state index is 12.0. The molecule has 0 saturated heterocycles. The van der Waals surface area contributed by atoms with Crippen LogP contribution in [0.1, 0.15) is 26.3 Å². The van der Waals surface area contributed by atoms with Crippen molar-refractivity contribution in [2.45, 2.75) is 44.3 Å². The highest BCUT2D eigenvalue weighted by molar-refractivity contribution is 8.01. The number of nitrogens with one attached hydrogen (secondary N) is 1. The van der Waals surface area contributed by atoms with E-state index in [1.165, 1.54) is 11.8 Å². The van der Waals surface area contributed by atoms with Gasteiger partial charge in [-0.15, -0.1) is 11.8 Å². The summed E-state index contributed by atoms with van der Waals surface area (Å²) in [7, 11) is 0. The highest BCUT2D eigenvalue weighted by Gasteiger charge is 2.19. The molecule has 4 heteroatoms. The molecule has 0 fully saturated rings. The number of aryl methyl sites for hydroxylation is 1. The highest BCUT2D eigenvalue weighted by atomic mass is 32.2. The first-order valence-corrected chi connectivity index (χ1v) is 7.06. The zero-order valence-electron chi connectivity index (χ0n) is 11.3. The Morgan fingerprint density at radius 1 is 1.28 bits per heavy atom. The Balaban J connectivity index is 2.58. The van der Waals surface area contributed by atoms with Crippen LogP contribution >= 0.6 is 11.8 Å². The van der Waals surface area contributed by atoms with Gasteiger partial charge in [-0.2, -0.15) is 0 Å². The van der Waals surface area contributed by atoms with Crippen LogP contribution in [-0.4, -0.2) is 27.6 Å². The average Bonchev–Trinajstić information content (AvgIpc) is 2.31. The van der Waals surface area contributed by atoms with Gasteiger partial charge in [-0.3, -0.25) is 4.79 Å². The third-order valence-corrected chi connectivity index (χ3v) is 4.32. The Kier molecular flexibility index (Phi) is 5.69. The van der Waals surface area contributed by atoms with Crippen molar-refractivity contribution in [3.05, 3.63) is 29.8 Å². The predicted octanol–water partition coefficient (Wildman–Crippen LogP) is 2.82. The second kappa shape index (κ2) is 6.81. The topological polar surface area (TPSA) is 49.3 Å². The number of carbonyl (C=O) groups excluding carboxylic acids is 1. The molecule has 1 aromatic rings. The van der Waals surface area contributed by atoms with E-state index in [4.69, 9.17) is 0 Å². The van der Waals surface area contributed by atoms with Crippen molar-refractivity contribution in [1.82, 2.24) is 0 Å². The Morgan fingerprint density at radius 3 is 2.44 bits per heavy atom. The molecule has 0 radical (unpaired) electrons. The summed E-state index contributed by atoms with van der Waals surface area (Å²) >= 11 is 1.48. The first-order chi connectivity index (χ1) is 8.41. The molecule has 0 unspecified atom stereocenters. The van der Waals surface area contributed by atoms with E-state index < -0.39 is 6.10 Å². The lowest BCUT2D eigenvalue weighted by Crippen LogP contribution is -2.27. The van der Waals surface area contributed by atoms with Crippen LogP contribution in [0.2, 0.25) is 0 Å².